The normalized spacial score (nSPS) is 15.0. The van der Waals surface area contributed by atoms with E-state index in [0.717, 1.165) is 0 Å². The number of benzene rings is 1. The number of alkyl halides is 2. The molecule has 1 unspecified atom stereocenters. The van der Waals surface area contributed by atoms with Crippen LogP contribution in [0.15, 0.2) is 17.1 Å². The average Bonchev–Trinajstić information content (AvgIpc) is 3.03. The largest absolute Gasteiger partial charge is 0.454 e. The molecule has 0 radical (unpaired) electrons. The summed E-state index contributed by atoms with van der Waals surface area (Å²) in [6, 6.07) is 3.02. The lowest BCUT2D eigenvalue weighted by atomic mass is 9.89. The van der Waals surface area contributed by atoms with Crippen molar-refractivity contribution in [2.24, 2.45) is 10.4 Å². The number of aliphatic imine (C=N–C) groups is 1. The number of nitrogens with one attached hydrogen (secondary N) is 2. The van der Waals surface area contributed by atoms with Crippen LogP contribution in [0.25, 0.3) is 0 Å². The Hall–Kier alpha value is -2.29. The zero-order chi connectivity index (χ0) is 20.0. The van der Waals surface area contributed by atoms with E-state index in [1.165, 1.54) is 6.07 Å². The van der Waals surface area contributed by atoms with Gasteiger partial charge in [0.1, 0.15) is 5.75 Å². The fourth-order valence-electron chi connectivity index (χ4n) is 2.64. The van der Waals surface area contributed by atoms with Gasteiger partial charge in [-0.15, -0.1) is 0 Å². The minimum atomic E-state index is -2.93. The van der Waals surface area contributed by atoms with Gasteiger partial charge in [0.15, 0.2) is 17.5 Å². The summed E-state index contributed by atoms with van der Waals surface area (Å²) in [4.78, 5) is 4.15. The third-order valence-electron chi connectivity index (χ3n) is 4.15. The minimum Gasteiger partial charge on any atom is -0.454 e. The predicted octanol–water partition coefficient (Wildman–Crippen LogP) is 2.74. The Morgan fingerprint density at radius 3 is 2.44 bits per heavy atom. The Labute approximate surface area is 158 Å². The second-order valence-electron chi connectivity index (χ2n) is 7.09. The van der Waals surface area contributed by atoms with E-state index >= 15 is 0 Å². The molecule has 2 N–H and O–H groups in total. The Bertz CT molecular complexity index is 663. The molecule has 0 fully saturated rings. The van der Waals surface area contributed by atoms with Crippen molar-refractivity contribution in [2.75, 3.05) is 27.5 Å². The molecule has 1 heterocycles. The molecular weight excluding hydrogens is 360 g/mol. The van der Waals surface area contributed by atoms with Gasteiger partial charge in [-0.25, -0.2) is 0 Å². The molecule has 7 nitrogen and oxygen atoms in total. The molecule has 9 heteroatoms. The maximum absolute atomic E-state index is 12.7. The summed E-state index contributed by atoms with van der Waals surface area (Å²) in [5.74, 6) is 1.41. The molecule has 0 aromatic heterocycles. The van der Waals surface area contributed by atoms with Crippen LogP contribution in [0.3, 0.4) is 0 Å². The van der Waals surface area contributed by atoms with Crippen molar-refractivity contribution >= 4 is 5.96 Å². The van der Waals surface area contributed by atoms with Gasteiger partial charge < -0.3 is 29.6 Å². The van der Waals surface area contributed by atoms with Crippen LogP contribution in [0.2, 0.25) is 0 Å². The molecule has 27 heavy (non-hydrogen) atoms. The summed E-state index contributed by atoms with van der Waals surface area (Å²) in [7, 11) is 3.29. The van der Waals surface area contributed by atoms with E-state index in [1.807, 2.05) is 0 Å². The summed E-state index contributed by atoms with van der Waals surface area (Å²) >= 11 is 0. The maximum Gasteiger partial charge on any atom is 0.387 e. The van der Waals surface area contributed by atoms with Crippen LogP contribution in [0.5, 0.6) is 17.2 Å². The zero-order valence-electron chi connectivity index (χ0n) is 16.3. The van der Waals surface area contributed by atoms with Crippen molar-refractivity contribution < 1.29 is 27.7 Å². The first-order chi connectivity index (χ1) is 12.7. The molecule has 1 aromatic rings. The molecule has 1 atom stereocenters. The fraction of sp³-hybridized carbons (Fsp3) is 0.611. The molecule has 0 spiro atoms. The van der Waals surface area contributed by atoms with Crippen LogP contribution in [0.4, 0.5) is 8.78 Å². The van der Waals surface area contributed by atoms with Crippen molar-refractivity contribution in [1.82, 2.24) is 10.6 Å². The Morgan fingerprint density at radius 1 is 1.22 bits per heavy atom. The van der Waals surface area contributed by atoms with Crippen LogP contribution >= 0.6 is 0 Å². The molecular formula is C18H27F2N3O4. The smallest absolute Gasteiger partial charge is 0.387 e. The molecule has 0 saturated carbocycles. The standard InChI is InChI=1S/C18H27F2N3O4/c1-18(2,3)15(24-5)9-23-17(21-4)22-8-11-6-13-14(26-10-25-13)7-12(11)27-16(19)20/h6-7,15-16H,8-10H2,1-5H3,(H2,21,22,23). The van der Waals surface area contributed by atoms with Crippen molar-refractivity contribution in [2.45, 2.75) is 40.0 Å². The van der Waals surface area contributed by atoms with Gasteiger partial charge in [0, 0.05) is 38.9 Å². The molecule has 0 amide bonds. The molecule has 0 saturated heterocycles. The Kier molecular flexibility index (Phi) is 7.06. The summed E-state index contributed by atoms with van der Waals surface area (Å²) < 4.78 is 46.1. The SMILES string of the molecule is CN=C(NCc1cc2c(cc1OC(F)F)OCO2)NCC(OC)C(C)(C)C. The lowest BCUT2D eigenvalue weighted by Crippen LogP contribution is -2.45. The summed E-state index contributed by atoms with van der Waals surface area (Å²) in [5, 5.41) is 6.26. The summed E-state index contributed by atoms with van der Waals surface area (Å²) in [6.07, 6.45) is -0.0284. The quantitative estimate of drug-likeness (QED) is 0.554. The van der Waals surface area contributed by atoms with Crippen LogP contribution in [-0.4, -0.2) is 46.2 Å². The second-order valence-corrected chi connectivity index (χ2v) is 7.09. The first-order valence-corrected chi connectivity index (χ1v) is 8.59. The van der Waals surface area contributed by atoms with Gasteiger partial charge in [-0.3, -0.25) is 4.99 Å². The van der Waals surface area contributed by atoms with Crippen LogP contribution < -0.4 is 24.8 Å². The number of halogens is 2. The number of rotatable bonds is 7. The number of ether oxygens (including phenoxy) is 4. The van der Waals surface area contributed by atoms with E-state index in [2.05, 4.69) is 41.1 Å². The van der Waals surface area contributed by atoms with Crippen molar-refractivity contribution in [3.63, 3.8) is 0 Å². The van der Waals surface area contributed by atoms with Gasteiger partial charge in [-0.1, -0.05) is 20.8 Å². The van der Waals surface area contributed by atoms with Crippen LogP contribution in [0, 0.1) is 5.41 Å². The molecule has 1 aliphatic rings. The van der Waals surface area contributed by atoms with Gasteiger partial charge in [-0.05, 0) is 11.5 Å². The van der Waals surface area contributed by atoms with Crippen LogP contribution in [-0.2, 0) is 11.3 Å². The van der Waals surface area contributed by atoms with Crippen molar-refractivity contribution in [3.05, 3.63) is 17.7 Å². The van der Waals surface area contributed by atoms with E-state index in [0.29, 0.717) is 29.6 Å². The summed E-state index contributed by atoms with van der Waals surface area (Å²) in [6.45, 7) is 4.12. The maximum atomic E-state index is 12.7. The topological polar surface area (TPSA) is 73.3 Å². The van der Waals surface area contributed by atoms with Crippen LogP contribution in [0.1, 0.15) is 26.3 Å². The number of methoxy groups -OCH3 is 1. The minimum absolute atomic E-state index is 0.0284. The second kappa shape index (κ2) is 9.07. The lowest BCUT2D eigenvalue weighted by Gasteiger charge is -2.30. The van der Waals surface area contributed by atoms with E-state index in [-0.39, 0.29) is 30.6 Å². The van der Waals surface area contributed by atoms with E-state index < -0.39 is 6.61 Å². The van der Waals surface area contributed by atoms with E-state index in [9.17, 15) is 8.78 Å². The highest BCUT2D eigenvalue weighted by Gasteiger charge is 2.24. The van der Waals surface area contributed by atoms with Gasteiger partial charge in [-0.2, -0.15) is 8.78 Å². The van der Waals surface area contributed by atoms with Crippen molar-refractivity contribution in [1.29, 1.82) is 0 Å². The van der Waals surface area contributed by atoms with E-state index in [1.54, 1.807) is 20.2 Å². The number of guanidine groups is 1. The van der Waals surface area contributed by atoms with Gasteiger partial charge in [0.2, 0.25) is 6.79 Å². The molecule has 1 aromatic carbocycles. The number of fused-ring (bicyclic) bond motifs is 1. The molecule has 2 rings (SSSR count). The van der Waals surface area contributed by atoms with Crippen molar-refractivity contribution in [3.8, 4) is 17.2 Å². The highest BCUT2D eigenvalue weighted by atomic mass is 19.3. The zero-order valence-corrected chi connectivity index (χ0v) is 16.3. The van der Waals surface area contributed by atoms with Gasteiger partial charge in [0.25, 0.3) is 0 Å². The van der Waals surface area contributed by atoms with E-state index in [4.69, 9.17) is 14.2 Å². The first kappa shape index (κ1) is 21.0. The lowest BCUT2D eigenvalue weighted by molar-refractivity contribution is -0.0505. The third-order valence-corrected chi connectivity index (χ3v) is 4.15. The first-order valence-electron chi connectivity index (χ1n) is 8.59. The Morgan fingerprint density at radius 2 is 1.89 bits per heavy atom. The highest BCUT2D eigenvalue weighted by molar-refractivity contribution is 5.79. The molecule has 0 aliphatic carbocycles. The third kappa shape index (κ3) is 5.85. The Balaban J connectivity index is 2.03. The number of hydrogen-bond donors (Lipinski definition) is 2. The van der Waals surface area contributed by atoms with Gasteiger partial charge >= 0.3 is 6.61 Å². The highest BCUT2D eigenvalue weighted by Crippen LogP contribution is 2.38. The van der Waals surface area contributed by atoms with Gasteiger partial charge in [0.05, 0.1) is 6.10 Å². The summed E-state index contributed by atoms with van der Waals surface area (Å²) in [5.41, 5.74) is 0.456. The number of hydrogen-bond acceptors (Lipinski definition) is 5. The molecule has 1 aliphatic heterocycles. The number of nitrogens with zero attached hydrogens (tertiary/aromatic N) is 1. The fourth-order valence-corrected chi connectivity index (χ4v) is 2.64. The monoisotopic (exact) mass is 387 g/mol. The molecule has 0 bridgehead atoms. The average molecular weight is 387 g/mol. The molecule has 152 valence electrons. The predicted molar refractivity (Wildman–Crippen MR) is 97.7 cm³/mol.